The highest BCUT2D eigenvalue weighted by molar-refractivity contribution is 7.91. The van der Waals surface area contributed by atoms with E-state index in [1.165, 1.54) is 17.0 Å². The molecule has 0 aromatic heterocycles. The summed E-state index contributed by atoms with van der Waals surface area (Å²) in [5, 5.41) is 9.61. The lowest BCUT2D eigenvalue weighted by molar-refractivity contribution is 0.0922. The Balaban J connectivity index is 3.15. The van der Waals surface area contributed by atoms with E-state index < -0.39 is 22.2 Å². The van der Waals surface area contributed by atoms with Crippen LogP contribution in [0.2, 0.25) is 0 Å². The van der Waals surface area contributed by atoms with Crippen LogP contribution in [0.15, 0.2) is 28.7 Å². The van der Waals surface area contributed by atoms with Crippen molar-refractivity contribution in [3.8, 4) is 0 Å². The summed E-state index contributed by atoms with van der Waals surface area (Å²) in [4.78, 5) is 13.1. The quantitative estimate of drug-likeness (QED) is 0.548. The average molecular weight is 399 g/mol. The molecule has 0 saturated heterocycles. The number of carbonyl (C=O) groups is 1. The first-order chi connectivity index (χ1) is 12.2. The summed E-state index contributed by atoms with van der Waals surface area (Å²) in [6.45, 7) is 13.5. The van der Waals surface area contributed by atoms with E-state index in [0.717, 1.165) is 0 Å². The van der Waals surface area contributed by atoms with E-state index >= 15 is 0 Å². The van der Waals surface area contributed by atoms with E-state index in [1.54, 1.807) is 12.1 Å². The molecule has 1 aromatic rings. The lowest BCUT2D eigenvalue weighted by atomic mass is 9.87. The molecule has 1 amide bonds. The molecule has 0 bridgehead atoms. The molecule has 7 heteroatoms. The van der Waals surface area contributed by atoms with Crippen molar-refractivity contribution in [2.75, 3.05) is 6.54 Å². The van der Waals surface area contributed by atoms with Crippen LogP contribution >= 0.6 is 0 Å². The number of benzene rings is 1. The van der Waals surface area contributed by atoms with Crippen molar-refractivity contribution in [1.29, 1.82) is 0 Å². The summed E-state index contributed by atoms with van der Waals surface area (Å²) in [5.74, 6) is -0.372. The zero-order valence-electron chi connectivity index (χ0n) is 17.2. The molecule has 1 N–H and O–H groups in total. The summed E-state index contributed by atoms with van der Waals surface area (Å²) in [5.41, 5.74) is 0.929. The van der Waals surface area contributed by atoms with Gasteiger partial charge >= 0.3 is 6.09 Å². The third-order valence-corrected chi connectivity index (χ3v) is 5.88. The van der Waals surface area contributed by atoms with Gasteiger partial charge in [0, 0.05) is 24.6 Å². The molecule has 5 nitrogen and oxygen atoms in total. The van der Waals surface area contributed by atoms with E-state index in [1.807, 2.05) is 48.5 Å². The minimum atomic E-state index is -1.50. The molecule has 2 atom stereocenters. The fourth-order valence-corrected chi connectivity index (χ4v) is 2.94. The predicted molar refractivity (Wildman–Crippen MR) is 109 cm³/mol. The SMILES string of the molecule is C[C@H](N(CC/C(=N\[S+]([O-])C(C)(C)C)c1ccc(F)cc1)C(=O)O)C(C)(C)C. The van der Waals surface area contributed by atoms with Crippen molar-refractivity contribution in [2.45, 2.75) is 65.7 Å². The minimum Gasteiger partial charge on any atom is -0.591 e. The molecule has 0 radical (unpaired) electrons. The van der Waals surface area contributed by atoms with E-state index in [0.29, 0.717) is 17.7 Å². The summed E-state index contributed by atoms with van der Waals surface area (Å²) >= 11 is -1.50. The number of halogens is 1. The third-order valence-electron chi connectivity index (χ3n) is 4.45. The molecule has 0 aliphatic carbocycles. The maximum atomic E-state index is 13.3. The number of hydrogen-bond donors (Lipinski definition) is 1. The standard InChI is InChI=1S/C20H31FN2O3S/c1-14(19(2,3)4)23(18(24)25)13-12-17(22-27(26)20(5,6)7)15-8-10-16(21)11-9-15/h8-11,14H,12-13H2,1-7H3,(H,24,25)/b22-17+/t14-,27?/m0/s1. The summed E-state index contributed by atoms with van der Waals surface area (Å²) in [7, 11) is 0. The number of nitrogens with zero attached hydrogens (tertiary/aromatic N) is 2. The first-order valence-corrected chi connectivity index (χ1v) is 10.1. The van der Waals surface area contributed by atoms with E-state index in [-0.39, 0.29) is 23.8 Å². The van der Waals surface area contributed by atoms with Gasteiger partial charge in [-0.25, -0.2) is 9.18 Å². The van der Waals surface area contributed by atoms with Crippen LogP contribution in [0.25, 0.3) is 0 Å². The van der Waals surface area contributed by atoms with Gasteiger partial charge in [-0.1, -0.05) is 37.3 Å². The van der Waals surface area contributed by atoms with E-state index in [9.17, 15) is 18.8 Å². The molecular formula is C20H31FN2O3S. The van der Waals surface area contributed by atoms with Gasteiger partial charge in [0.1, 0.15) is 27.6 Å². The van der Waals surface area contributed by atoms with Gasteiger partial charge in [-0.15, -0.1) is 0 Å². The molecule has 1 unspecified atom stereocenters. The second kappa shape index (κ2) is 9.06. The van der Waals surface area contributed by atoms with Crippen LogP contribution in [0, 0.1) is 11.2 Å². The fraction of sp³-hybridized carbons (Fsp3) is 0.600. The lowest BCUT2D eigenvalue weighted by Crippen LogP contribution is -2.46. The Morgan fingerprint density at radius 3 is 2.15 bits per heavy atom. The van der Waals surface area contributed by atoms with Gasteiger partial charge in [0.05, 0.1) is 0 Å². The van der Waals surface area contributed by atoms with Crippen LogP contribution in [-0.4, -0.2) is 43.7 Å². The Morgan fingerprint density at radius 1 is 1.22 bits per heavy atom. The maximum Gasteiger partial charge on any atom is 0.407 e. The molecule has 1 rings (SSSR count). The highest BCUT2D eigenvalue weighted by atomic mass is 32.2. The molecule has 0 aliphatic heterocycles. The first-order valence-electron chi connectivity index (χ1n) is 8.98. The van der Waals surface area contributed by atoms with Crippen LogP contribution in [-0.2, 0) is 11.4 Å². The second-order valence-electron chi connectivity index (χ2n) is 8.67. The van der Waals surface area contributed by atoms with Crippen molar-refractivity contribution in [2.24, 2.45) is 9.81 Å². The molecule has 152 valence electrons. The molecule has 0 aliphatic rings. The molecular weight excluding hydrogens is 367 g/mol. The molecule has 0 heterocycles. The molecule has 27 heavy (non-hydrogen) atoms. The lowest BCUT2D eigenvalue weighted by Gasteiger charge is -2.36. The van der Waals surface area contributed by atoms with Gasteiger partial charge in [-0.2, -0.15) is 0 Å². The Kier molecular flexibility index (Phi) is 7.87. The smallest absolute Gasteiger partial charge is 0.407 e. The van der Waals surface area contributed by atoms with Gasteiger partial charge < -0.3 is 14.6 Å². The Hall–Kier alpha value is -1.60. The Bertz CT molecular complexity index is 663. The highest BCUT2D eigenvalue weighted by Crippen LogP contribution is 2.25. The fourth-order valence-electron chi connectivity index (χ4n) is 2.27. The number of amides is 1. The zero-order valence-corrected chi connectivity index (χ0v) is 18.1. The van der Waals surface area contributed by atoms with E-state index in [2.05, 4.69) is 4.40 Å². The minimum absolute atomic E-state index is 0.211. The van der Waals surface area contributed by atoms with Crippen molar-refractivity contribution in [3.05, 3.63) is 35.6 Å². The first kappa shape index (κ1) is 23.4. The van der Waals surface area contributed by atoms with Crippen LogP contribution < -0.4 is 0 Å². The Labute approximate surface area is 165 Å². The van der Waals surface area contributed by atoms with Crippen molar-refractivity contribution in [1.82, 2.24) is 4.90 Å². The van der Waals surface area contributed by atoms with Gasteiger partial charge in [-0.3, -0.25) is 0 Å². The van der Waals surface area contributed by atoms with Crippen LogP contribution in [0.3, 0.4) is 0 Å². The maximum absolute atomic E-state index is 13.3. The van der Waals surface area contributed by atoms with Crippen LogP contribution in [0.4, 0.5) is 9.18 Å². The molecule has 0 saturated carbocycles. The topological polar surface area (TPSA) is 76.0 Å². The van der Waals surface area contributed by atoms with Gasteiger partial charge in [-0.05, 0) is 45.2 Å². The summed E-state index contributed by atoms with van der Waals surface area (Å²) in [6.07, 6.45) is -0.715. The second-order valence-corrected chi connectivity index (χ2v) is 10.6. The number of hydrogen-bond acceptors (Lipinski definition) is 3. The average Bonchev–Trinajstić information content (AvgIpc) is 2.52. The normalized spacial score (nSPS) is 15.4. The summed E-state index contributed by atoms with van der Waals surface area (Å²) in [6, 6.07) is 5.57. The largest absolute Gasteiger partial charge is 0.591 e. The monoisotopic (exact) mass is 398 g/mol. The molecule has 1 aromatic carbocycles. The van der Waals surface area contributed by atoms with Crippen molar-refractivity contribution in [3.63, 3.8) is 0 Å². The predicted octanol–water partition coefficient (Wildman–Crippen LogP) is 4.88. The Morgan fingerprint density at radius 2 is 1.74 bits per heavy atom. The van der Waals surface area contributed by atoms with E-state index in [4.69, 9.17) is 0 Å². The molecule has 0 spiro atoms. The van der Waals surface area contributed by atoms with Crippen molar-refractivity contribution >= 4 is 23.2 Å². The van der Waals surface area contributed by atoms with Crippen LogP contribution in [0.1, 0.15) is 60.5 Å². The molecule has 0 fully saturated rings. The van der Waals surface area contributed by atoms with Gasteiger partial charge in [0.2, 0.25) is 0 Å². The van der Waals surface area contributed by atoms with Crippen LogP contribution in [0.5, 0.6) is 0 Å². The highest BCUT2D eigenvalue weighted by Gasteiger charge is 2.31. The number of rotatable bonds is 6. The van der Waals surface area contributed by atoms with Crippen molar-refractivity contribution < 1.29 is 18.8 Å². The zero-order chi connectivity index (χ0) is 21.0. The van der Waals surface area contributed by atoms with Gasteiger partial charge in [0.15, 0.2) is 0 Å². The summed E-state index contributed by atoms with van der Waals surface area (Å²) < 4.78 is 29.6. The number of carboxylic acid groups (broad SMARTS) is 1. The third kappa shape index (κ3) is 7.14. The van der Waals surface area contributed by atoms with Gasteiger partial charge in [0.25, 0.3) is 0 Å².